The quantitative estimate of drug-likeness (QED) is 0.309. The molecular weight excluding hydrogens is 470 g/mol. The Morgan fingerprint density at radius 3 is 2.72 bits per heavy atom. The third-order valence-corrected chi connectivity index (χ3v) is 6.81. The molecule has 2 aromatic heterocycles. The van der Waals surface area contributed by atoms with E-state index in [4.69, 9.17) is 0 Å². The lowest BCUT2D eigenvalue weighted by atomic mass is 10.2. The lowest BCUT2D eigenvalue weighted by Gasteiger charge is -2.14. The van der Waals surface area contributed by atoms with Gasteiger partial charge in [0.25, 0.3) is 5.56 Å². The molecule has 0 unspecified atom stereocenters. The number of nitrogens with one attached hydrogen (secondary N) is 1. The largest absolute Gasteiger partial charge is 0.324 e. The molecule has 0 fully saturated rings. The smallest absolute Gasteiger partial charge is 0.276 e. The Labute approximate surface area is 183 Å². The van der Waals surface area contributed by atoms with Gasteiger partial charge in [-0.15, -0.1) is 11.3 Å². The first-order chi connectivity index (χ1) is 14.0. The van der Waals surface area contributed by atoms with Crippen LogP contribution in [0.4, 0.5) is 5.69 Å². The zero-order chi connectivity index (χ0) is 20.4. The molecule has 5 nitrogen and oxygen atoms in total. The standard InChI is InChI=1S/C21H16BrN3O2S2/c1-13-6-2-5-9-17(13)25-20(27)19-16(10-11-28-19)24-21(25)29-12-18(26)23-15-8-4-3-7-14(15)22/h2-11H,12H2,1H3,(H,23,26). The molecule has 8 heteroatoms. The number of thiophene rings is 1. The number of rotatable bonds is 5. The molecule has 2 heterocycles. The van der Waals surface area contributed by atoms with E-state index in [0.717, 1.165) is 15.7 Å². The number of hydrogen-bond donors (Lipinski definition) is 1. The average molecular weight is 486 g/mol. The van der Waals surface area contributed by atoms with Crippen molar-refractivity contribution < 1.29 is 4.79 Å². The number of para-hydroxylation sites is 2. The van der Waals surface area contributed by atoms with Crippen molar-refractivity contribution >= 4 is 60.8 Å². The third kappa shape index (κ3) is 4.14. The van der Waals surface area contributed by atoms with Crippen molar-refractivity contribution in [2.75, 3.05) is 11.1 Å². The zero-order valence-electron chi connectivity index (χ0n) is 15.4. The van der Waals surface area contributed by atoms with Gasteiger partial charge in [0.15, 0.2) is 5.16 Å². The average Bonchev–Trinajstić information content (AvgIpc) is 3.18. The first-order valence-corrected chi connectivity index (χ1v) is 11.4. The van der Waals surface area contributed by atoms with Crippen molar-refractivity contribution in [1.29, 1.82) is 0 Å². The molecule has 146 valence electrons. The fraction of sp³-hybridized carbons (Fsp3) is 0.0952. The monoisotopic (exact) mass is 485 g/mol. The second-order valence-corrected chi connectivity index (χ2v) is 8.99. The Balaban J connectivity index is 1.67. The molecule has 4 rings (SSSR count). The maximum atomic E-state index is 13.2. The number of hydrogen-bond acceptors (Lipinski definition) is 5. The van der Waals surface area contributed by atoms with E-state index in [1.54, 1.807) is 4.57 Å². The number of thioether (sulfide) groups is 1. The van der Waals surface area contributed by atoms with Gasteiger partial charge in [0.05, 0.1) is 22.6 Å². The number of halogens is 1. The summed E-state index contributed by atoms with van der Waals surface area (Å²) in [5.41, 5.74) is 2.98. The summed E-state index contributed by atoms with van der Waals surface area (Å²) >= 11 is 6.05. The molecule has 0 bridgehead atoms. The number of aromatic nitrogens is 2. The fourth-order valence-corrected chi connectivity index (χ4v) is 4.84. The summed E-state index contributed by atoms with van der Waals surface area (Å²) in [6, 6.07) is 16.9. The molecule has 0 aliphatic heterocycles. The van der Waals surface area contributed by atoms with Crippen LogP contribution in [0.1, 0.15) is 5.56 Å². The van der Waals surface area contributed by atoms with E-state index in [1.165, 1.54) is 23.1 Å². The van der Waals surface area contributed by atoms with Gasteiger partial charge < -0.3 is 5.32 Å². The van der Waals surface area contributed by atoms with E-state index < -0.39 is 0 Å². The Morgan fingerprint density at radius 2 is 1.93 bits per heavy atom. The Hall–Kier alpha value is -2.42. The van der Waals surface area contributed by atoms with Crippen molar-refractivity contribution in [3.8, 4) is 5.69 Å². The number of benzene rings is 2. The molecule has 29 heavy (non-hydrogen) atoms. The van der Waals surface area contributed by atoms with Gasteiger partial charge in [-0.25, -0.2) is 4.98 Å². The second-order valence-electron chi connectivity index (χ2n) is 6.27. The van der Waals surface area contributed by atoms with Crippen molar-refractivity contribution in [2.24, 2.45) is 0 Å². The third-order valence-electron chi connectivity index (χ3n) is 4.29. The van der Waals surface area contributed by atoms with Crippen LogP contribution >= 0.6 is 39.0 Å². The number of fused-ring (bicyclic) bond motifs is 1. The number of aryl methyl sites for hydroxylation is 1. The van der Waals surface area contributed by atoms with Gasteiger partial charge in [0, 0.05) is 4.47 Å². The molecule has 0 saturated heterocycles. The highest BCUT2D eigenvalue weighted by Crippen LogP contribution is 2.26. The summed E-state index contributed by atoms with van der Waals surface area (Å²) in [5, 5.41) is 5.23. The van der Waals surface area contributed by atoms with Crippen LogP contribution < -0.4 is 10.9 Å². The van der Waals surface area contributed by atoms with Crippen LogP contribution in [0.2, 0.25) is 0 Å². The minimum Gasteiger partial charge on any atom is -0.324 e. The summed E-state index contributed by atoms with van der Waals surface area (Å²) < 4.78 is 3.02. The fourth-order valence-electron chi connectivity index (χ4n) is 2.89. The molecule has 1 N–H and O–H groups in total. The highest BCUT2D eigenvalue weighted by molar-refractivity contribution is 9.10. The maximum Gasteiger partial charge on any atom is 0.276 e. The SMILES string of the molecule is Cc1ccccc1-n1c(SCC(=O)Nc2ccccc2Br)nc2ccsc2c1=O. The first kappa shape index (κ1) is 19.9. The minimum absolute atomic E-state index is 0.118. The molecule has 0 atom stereocenters. The van der Waals surface area contributed by atoms with Crippen LogP contribution in [-0.2, 0) is 4.79 Å². The summed E-state index contributed by atoms with van der Waals surface area (Å²) in [5.74, 6) is -0.0344. The van der Waals surface area contributed by atoms with E-state index in [2.05, 4.69) is 26.2 Å². The van der Waals surface area contributed by atoms with Crippen molar-refractivity contribution in [1.82, 2.24) is 9.55 Å². The molecule has 0 aliphatic carbocycles. The van der Waals surface area contributed by atoms with Gasteiger partial charge in [-0.1, -0.05) is 42.1 Å². The van der Waals surface area contributed by atoms with Gasteiger partial charge in [-0.3, -0.25) is 14.2 Å². The number of amides is 1. The lowest BCUT2D eigenvalue weighted by Crippen LogP contribution is -2.22. The Kier molecular flexibility index (Phi) is 5.84. The number of anilines is 1. The molecule has 2 aromatic carbocycles. The molecule has 4 aromatic rings. The number of nitrogens with zero attached hydrogens (tertiary/aromatic N) is 2. The van der Waals surface area contributed by atoms with Crippen LogP contribution in [0.15, 0.2) is 74.4 Å². The zero-order valence-corrected chi connectivity index (χ0v) is 18.6. The molecule has 0 spiro atoms. The summed E-state index contributed by atoms with van der Waals surface area (Å²) in [6.07, 6.45) is 0. The predicted octanol–water partition coefficient (Wildman–Crippen LogP) is 5.25. The van der Waals surface area contributed by atoms with Crippen LogP contribution in [-0.4, -0.2) is 21.2 Å². The van der Waals surface area contributed by atoms with E-state index >= 15 is 0 Å². The van der Waals surface area contributed by atoms with Gasteiger partial charge in [0.1, 0.15) is 4.70 Å². The van der Waals surface area contributed by atoms with Gasteiger partial charge in [-0.2, -0.15) is 0 Å². The molecular formula is C21H16BrN3O2S2. The summed E-state index contributed by atoms with van der Waals surface area (Å²) in [7, 11) is 0. The first-order valence-electron chi connectivity index (χ1n) is 8.78. The van der Waals surface area contributed by atoms with Crippen LogP contribution in [0.5, 0.6) is 0 Å². The molecule has 0 radical (unpaired) electrons. The van der Waals surface area contributed by atoms with Gasteiger partial charge in [0.2, 0.25) is 5.91 Å². The van der Waals surface area contributed by atoms with E-state index in [0.29, 0.717) is 21.1 Å². The Bertz CT molecular complexity index is 1270. The number of carbonyl (C=O) groups excluding carboxylic acids is 1. The highest BCUT2D eigenvalue weighted by atomic mass is 79.9. The molecule has 0 saturated carbocycles. The van der Waals surface area contributed by atoms with Crippen LogP contribution in [0, 0.1) is 6.92 Å². The molecule has 0 aliphatic rings. The van der Waals surface area contributed by atoms with E-state index in [9.17, 15) is 9.59 Å². The van der Waals surface area contributed by atoms with Gasteiger partial charge >= 0.3 is 0 Å². The van der Waals surface area contributed by atoms with Crippen molar-refractivity contribution in [3.05, 3.63) is 80.4 Å². The predicted molar refractivity (Wildman–Crippen MR) is 123 cm³/mol. The summed E-state index contributed by atoms with van der Waals surface area (Å²) in [4.78, 5) is 30.3. The highest BCUT2D eigenvalue weighted by Gasteiger charge is 2.17. The number of carbonyl (C=O) groups is 1. The van der Waals surface area contributed by atoms with Crippen molar-refractivity contribution in [3.63, 3.8) is 0 Å². The van der Waals surface area contributed by atoms with E-state index in [-0.39, 0.29) is 17.2 Å². The second kappa shape index (κ2) is 8.52. The normalized spacial score (nSPS) is 11.0. The topological polar surface area (TPSA) is 64.0 Å². The molecule has 1 amide bonds. The summed E-state index contributed by atoms with van der Waals surface area (Å²) in [6.45, 7) is 1.95. The van der Waals surface area contributed by atoms with Gasteiger partial charge in [-0.05, 0) is 58.1 Å². The van der Waals surface area contributed by atoms with Crippen LogP contribution in [0.25, 0.3) is 15.9 Å². The van der Waals surface area contributed by atoms with Crippen molar-refractivity contribution in [2.45, 2.75) is 12.1 Å². The lowest BCUT2D eigenvalue weighted by molar-refractivity contribution is -0.113. The minimum atomic E-state index is -0.169. The Morgan fingerprint density at radius 1 is 1.17 bits per heavy atom. The van der Waals surface area contributed by atoms with Crippen LogP contribution in [0.3, 0.4) is 0 Å². The maximum absolute atomic E-state index is 13.2. The van der Waals surface area contributed by atoms with E-state index in [1.807, 2.05) is 66.9 Å².